The Morgan fingerprint density at radius 1 is 1.11 bits per heavy atom. The van der Waals surface area contributed by atoms with E-state index < -0.39 is 0 Å². The van der Waals surface area contributed by atoms with E-state index in [9.17, 15) is 9.59 Å². The van der Waals surface area contributed by atoms with Crippen molar-refractivity contribution in [2.45, 2.75) is 69.9 Å². The summed E-state index contributed by atoms with van der Waals surface area (Å²) in [5.74, 6) is 0.0650. The van der Waals surface area contributed by atoms with Crippen LogP contribution in [0, 0.1) is 0 Å². The number of carbonyl (C=O) groups is 2. The van der Waals surface area contributed by atoms with E-state index in [1.807, 2.05) is 0 Å². The van der Waals surface area contributed by atoms with Crippen molar-refractivity contribution in [3.8, 4) is 0 Å². The van der Waals surface area contributed by atoms with Crippen LogP contribution in [-0.4, -0.2) is 49.1 Å². The fourth-order valence-electron chi connectivity index (χ4n) is 4.18. The summed E-state index contributed by atoms with van der Waals surface area (Å²) >= 11 is 1.76. The van der Waals surface area contributed by atoms with Crippen LogP contribution in [0.4, 0.5) is 4.79 Å². The second-order valence-corrected chi connectivity index (χ2v) is 8.90. The standard InChI is InChI=1S/C21H34N4O2S/c26-20(11-6-12-22-21(27)24-17-8-2-1-3-9-17)23-16-18(19-10-7-15-28-19)25-13-4-5-14-25/h7,10,15,17-18H,1-6,8-9,11-14,16H2,(H,23,26)(H2,22,24,27). The van der Waals surface area contributed by atoms with Crippen LogP contribution in [0.15, 0.2) is 17.5 Å². The maximum atomic E-state index is 12.2. The Labute approximate surface area is 172 Å². The van der Waals surface area contributed by atoms with E-state index in [1.54, 1.807) is 11.3 Å². The first-order chi connectivity index (χ1) is 13.7. The average molecular weight is 407 g/mol. The van der Waals surface area contributed by atoms with Crippen LogP contribution in [0.1, 0.15) is 68.7 Å². The maximum absolute atomic E-state index is 12.2. The number of nitrogens with one attached hydrogen (secondary N) is 3. The molecule has 3 N–H and O–H groups in total. The van der Waals surface area contributed by atoms with Gasteiger partial charge in [-0.2, -0.15) is 0 Å². The van der Waals surface area contributed by atoms with Crippen LogP contribution in [0.25, 0.3) is 0 Å². The number of amides is 3. The molecule has 28 heavy (non-hydrogen) atoms. The molecule has 1 aliphatic heterocycles. The molecule has 0 radical (unpaired) electrons. The molecule has 1 aromatic heterocycles. The molecule has 1 saturated carbocycles. The Kier molecular flexibility index (Phi) is 8.61. The lowest BCUT2D eigenvalue weighted by Gasteiger charge is -2.27. The molecular formula is C21H34N4O2S. The van der Waals surface area contributed by atoms with Crippen molar-refractivity contribution in [3.63, 3.8) is 0 Å². The van der Waals surface area contributed by atoms with E-state index in [2.05, 4.69) is 38.4 Å². The van der Waals surface area contributed by atoms with Crippen molar-refractivity contribution >= 4 is 23.3 Å². The van der Waals surface area contributed by atoms with E-state index in [0.717, 1.165) is 25.9 Å². The normalized spacial score (nSPS) is 19.3. The molecule has 156 valence electrons. The highest BCUT2D eigenvalue weighted by Crippen LogP contribution is 2.27. The molecule has 1 unspecified atom stereocenters. The number of thiophene rings is 1. The summed E-state index contributed by atoms with van der Waals surface area (Å²) < 4.78 is 0. The van der Waals surface area contributed by atoms with Gasteiger partial charge < -0.3 is 16.0 Å². The Balaban J connectivity index is 1.30. The highest BCUT2D eigenvalue weighted by atomic mass is 32.1. The van der Waals surface area contributed by atoms with Crippen molar-refractivity contribution in [2.75, 3.05) is 26.2 Å². The molecule has 3 rings (SSSR count). The van der Waals surface area contributed by atoms with Crippen molar-refractivity contribution < 1.29 is 9.59 Å². The first-order valence-corrected chi connectivity index (χ1v) is 11.7. The predicted octanol–water partition coefficient (Wildman–Crippen LogP) is 3.41. The van der Waals surface area contributed by atoms with Crippen molar-refractivity contribution in [2.24, 2.45) is 0 Å². The Morgan fingerprint density at radius 3 is 2.61 bits per heavy atom. The minimum atomic E-state index is -0.0981. The zero-order valence-corrected chi connectivity index (χ0v) is 17.6. The summed E-state index contributed by atoms with van der Waals surface area (Å²) in [6.45, 7) is 3.41. The summed E-state index contributed by atoms with van der Waals surface area (Å²) in [7, 11) is 0. The van der Waals surface area contributed by atoms with E-state index in [4.69, 9.17) is 0 Å². The lowest BCUT2D eigenvalue weighted by molar-refractivity contribution is -0.121. The average Bonchev–Trinajstić information content (AvgIpc) is 3.41. The summed E-state index contributed by atoms with van der Waals surface area (Å²) in [6, 6.07) is 4.74. The number of hydrogen-bond acceptors (Lipinski definition) is 4. The summed E-state index contributed by atoms with van der Waals surface area (Å²) in [4.78, 5) is 28.0. The van der Waals surface area contributed by atoms with Gasteiger partial charge in [0.25, 0.3) is 0 Å². The molecule has 1 saturated heterocycles. The van der Waals surface area contributed by atoms with Crippen LogP contribution < -0.4 is 16.0 Å². The van der Waals surface area contributed by atoms with Crippen molar-refractivity contribution in [1.82, 2.24) is 20.9 Å². The smallest absolute Gasteiger partial charge is 0.315 e. The molecule has 0 aromatic carbocycles. The molecule has 3 amide bonds. The Hall–Kier alpha value is -1.60. The third kappa shape index (κ3) is 6.78. The summed E-state index contributed by atoms with van der Waals surface area (Å²) in [5, 5.41) is 11.1. The molecule has 7 heteroatoms. The largest absolute Gasteiger partial charge is 0.354 e. The van der Waals surface area contributed by atoms with Crippen LogP contribution >= 0.6 is 11.3 Å². The van der Waals surface area contributed by atoms with Gasteiger partial charge in [0.15, 0.2) is 0 Å². The molecular weight excluding hydrogens is 372 g/mol. The van der Waals surface area contributed by atoms with Gasteiger partial charge in [0.1, 0.15) is 0 Å². The highest BCUT2D eigenvalue weighted by Gasteiger charge is 2.24. The van der Waals surface area contributed by atoms with Crippen LogP contribution in [0.5, 0.6) is 0 Å². The number of likely N-dealkylation sites (tertiary alicyclic amines) is 1. The van der Waals surface area contributed by atoms with Gasteiger partial charge in [0, 0.05) is 30.4 Å². The lowest BCUT2D eigenvalue weighted by Crippen LogP contribution is -2.43. The summed E-state index contributed by atoms with van der Waals surface area (Å²) in [6.07, 6.45) is 9.44. The van der Waals surface area contributed by atoms with Gasteiger partial charge in [0.2, 0.25) is 5.91 Å². The van der Waals surface area contributed by atoms with Gasteiger partial charge >= 0.3 is 6.03 Å². The first-order valence-electron chi connectivity index (χ1n) is 10.8. The van der Waals surface area contributed by atoms with Gasteiger partial charge in [-0.15, -0.1) is 11.3 Å². The minimum Gasteiger partial charge on any atom is -0.354 e. The van der Waals surface area contributed by atoms with Crippen LogP contribution in [-0.2, 0) is 4.79 Å². The van der Waals surface area contributed by atoms with Gasteiger partial charge in [-0.1, -0.05) is 25.3 Å². The fourth-order valence-corrected chi connectivity index (χ4v) is 5.04. The maximum Gasteiger partial charge on any atom is 0.315 e. The molecule has 1 aliphatic carbocycles. The minimum absolute atomic E-state index is 0.0650. The lowest BCUT2D eigenvalue weighted by atomic mass is 9.96. The van der Waals surface area contributed by atoms with E-state index in [1.165, 1.54) is 37.0 Å². The topological polar surface area (TPSA) is 73.5 Å². The fraction of sp³-hybridized carbons (Fsp3) is 0.714. The molecule has 2 heterocycles. The number of urea groups is 1. The van der Waals surface area contributed by atoms with E-state index in [0.29, 0.717) is 32.0 Å². The second-order valence-electron chi connectivity index (χ2n) is 7.92. The van der Waals surface area contributed by atoms with E-state index in [-0.39, 0.29) is 18.0 Å². The van der Waals surface area contributed by atoms with Crippen LogP contribution in [0.3, 0.4) is 0 Å². The third-order valence-electron chi connectivity index (χ3n) is 5.75. The first kappa shape index (κ1) is 21.1. The van der Waals surface area contributed by atoms with Gasteiger partial charge in [-0.05, 0) is 56.6 Å². The zero-order chi connectivity index (χ0) is 19.6. The third-order valence-corrected chi connectivity index (χ3v) is 6.73. The highest BCUT2D eigenvalue weighted by molar-refractivity contribution is 7.10. The van der Waals surface area contributed by atoms with Crippen molar-refractivity contribution in [1.29, 1.82) is 0 Å². The SMILES string of the molecule is O=C(CCCNC(=O)NC1CCCCC1)NCC(c1cccs1)N1CCCC1. The zero-order valence-electron chi connectivity index (χ0n) is 16.8. The van der Waals surface area contributed by atoms with Crippen molar-refractivity contribution in [3.05, 3.63) is 22.4 Å². The van der Waals surface area contributed by atoms with E-state index >= 15 is 0 Å². The molecule has 2 aliphatic rings. The molecule has 1 atom stereocenters. The molecule has 1 aromatic rings. The predicted molar refractivity (Wildman–Crippen MR) is 114 cm³/mol. The van der Waals surface area contributed by atoms with Crippen LogP contribution in [0.2, 0.25) is 0 Å². The Bertz CT molecular complexity index is 596. The summed E-state index contributed by atoms with van der Waals surface area (Å²) in [5.41, 5.74) is 0. The molecule has 0 spiro atoms. The molecule has 6 nitrogen and oxygen atoms in total. The molecule has 2 fully saturated rings. The number of rotatable bonds is 9. The second kappa shape index (κ2) is 11.4. The van der Waals surface area contributed by atoms with Gasteiger partial charge in [0.05, 0.1) is 6.04 Å². The number of nitrogens with zero attached hydrogens (tertiary/aromatic N) is 1. The quantitative estimate of drug-likeness (QED) is 0.550. The molecule has 0 bridgehead atoms. The van der Waals surface area contributed by atoms with Gasteiger partial charge in [-0.25, -0.2) is 4.79 Å². The Morgan fingerprint density at radius 2 is 1.89 bits per heavy atom. The number of hydrogen-bond donors (Lipinski definition) is 3. The van der Waals surface area contributed by atoms with Gasteiger partial charge in [-0.3, -0.25) is 9.69 Å². The monoisotopic (exact) mass is 406 g/mol. The number of carbonyl (C=O) groups excluding carboxylic acids is 2.